The first kappa shape index (κ1) is 15.0. The Morgan fingerprint density at radius 3 is 2.73 bits per heavy atom. The number of rotatable bonds is 4. The zero-order valence-electron chi connectivity index (χ0n) is 12.7. The molecule has 3 aromatic heterocycles. The lowest BCUT2D eigenvalue weighted by Crippen LogP contribution is -2.14. The Hall–Kier alpha value is -1.92. The highest BCUT2D eigenvalue weighted by molar-refractivity contribution is 7.14. The minimum atomic E-state index is 0.224. The number of hydrogen-bond donors (Lipinski definition) is 0. The standard InChI is InChI=1S/C16H17N3OS2/c1-11(2)18-16-19(17-9-13-7-6-12(3)20-13)14(10-22-16)15-5-4-8-21-15/h4-11H,1-3H3. The van der Waals surface area contributed by atoms with Gasteiger partial charge in [0.25, 0.3) is 0 Å². The molecule has 0 saturated heterocycles. The van der Waals surface area contributed by atoms with Gasteiger partial charge >= 0.3 is 0 Å². The van der Waals surface area contributed by atoms with Crippen LogP contribution in [0.15, 0.2) is 49.5 Å². The Morgan fingerprint density at radius 2 is 2.09 bits per heavy atom. The predicted octanol–water partition coefficient (Wildman–Crippen LogP) is 4.37. The highest BCUT2D eigenvalue weighted by atomic mass is 32.1. The SMILES string of the molecule is Cc1ccc(C=Nn2c(-c3cccs3)csc2=NC(C)C)o1. The van der Waals surface area contributed by atoms with Gasteiger partial charge in [-0.2, -0.15) is 5.10 Å². The van der Waals surface area contributed by atoms with Crippen LogP contribution in [0.5, 0.6) is 0 Å². The summed E-state index contributed by atoms with van der Waals surface area (Å²) >= 11 is 3.30. The lowest BCUT2D eigenvalue weighted by molar-refractivity contribution is 0.527. The highest BCUT2D eigenvalue weighted by Crippen LogP contribution is 2.25. The second kappa shape index (κ2) is 6.46. The molecule has 3 heterocycles. The van der Waals surface area contributed by atoms with Crippen molar-refractivity contribution in [3.8, 4) is 10.6 Å². The molecule has 0 fully saturated rings. The summed E-state index contributed by atoms with van der Waals surface area (Å²) in [5, 5.41) is 8.74. The lowest BCUT2D eigenvalue weighted by Gasteiger charge is -2.01. The van der Waals surface area contributed by atoms with E-state index in [1.807, 2.05) is 29.8 Å². The molecule has 3 aromatic rings. The Kier molecular flexibility index (Phi) is 4.40. The minimum absolute atomic E-state index is 0.224. The molecule has 4 nitrogen and oxygen atoms in total. The average Bonchev–Trinajstić information content (AvgIpc) is 3.17. The normalized spacial score (nSPS) is 12.8. The van der Waals surface area contributed by atoms with E-state index in [4.69, 9.17) is 4.42 Å². The van der Waals surface area contributed by atoms with E-state index in [0.717, 1.165) is 22.0 Å². The van der Waals surface area contributed by atoms with Gasteiger partial charge in [-0.25, -0.2) is 4.68 Å². The first-order valence-electron chi connectivity index (χ1n) is 7.02. The van der Waals surface area contributed by atoms with Gasteiger partial charge < -0.3 is 4.42 Å². The maximum absolute atomic E-state index is 5.55. The quantitative estimate of drug-likeness (QED) is 0.655. The van der Waals surface area contributed by atoms with Crippen LogP contribution in [-0.4, -0.2) is 16.9 Å². The topological polar surface area (TPSA) is 42.8 Å². The van der Waals surface area contributed by atoms with Gasteiger partial charge in [0.15, 0.2) is 0 Å². The summed E-state index contributed by atoms with van der Waals surface area (Å²) in [6, 6.07) is 8.20. The molecule has 6 heteroatoms. The first-order valence-corrected chi connectivity index (χ1v) is 8.78. The van der Waals surface area contributed by atoms with Crippen LogP contribution >= 0.6 is 22.7 Å². The van der Waals surface area contributed by atoms with Crippen molar-refractivity contribution in [1.29, 1.82) is 0 Å². The van der Waals surface area contributed by atoms with Crippen LogP contribution in [0.2, 0.25) is 0 Å². The van der Waals surface area contributed by atoms with Crippen LogP contribution in [0, 0.1) is 6.92 Å². The Bertz CT molecular complexity index is 835. The lowest BCUT2D eigenvalue weighted by atomic mass is 10.4. The van der Waals surface area contributed by atoms with Crippen molar-refractivity contribution in [2.24, 2.45) is 10.1 Å². The summed E-state index contributed by atoms with van der Waals surface area (Å²) in [6.45, 7) is 6.05. The zero-order valence-corrected chi connectivity index (χ0v) is 14.3. The van der Waals surface area contributed by atoms with E-state index in [0.29, 0.717) is 0 Å². The predicted molar refractivity (Wildman–Crippen MR) is 92.8 cm³/mol. The third kappa shape index (κ3) is 3.28. The number of nitrogens with zero attached hydrogens (tertiary/aromatic N) is 3. The first-order chi connectivity index (χ1) is 10.6. The van der Waals surface area contributed by atoms with Gasteiger partial charge in [0.2, 0.25) is 4.80 Å². The van der Waals surface area contributed by atoms with Gasteiger partial charge in [0, 0.05) is 11.4 Å². The summed E-state index contributed by atoms with van der Waals surface area (Å²) in [4.78, 5) is 6.71. The van der Waals surface area contributed by atoms with Crippen molar-refractivity contribution >= 4 is 28.9 Å². The van der Waals surface area contributed by atoms with Gasteiger partial charge in [-0.15, -0.1) is 22.7 Å². The van der Waals surface area contributed by atoms with E-state index in [9.17, 15) is 0 Å². The van der Waals surface area contributed by atoms with Crippen molar-refractivity contribution in [2.75, 3.05) is 0 Å². The van der Waals surface area contributed by atoms with E-state index >= 15 is 0 Å². The van der Waals surface area contributed by atoms with Crippen LogP contribution in [0.4, 0.5) is 0 Å². The Labute approximate surface area is 137 Å². The zero-order chi connectivity index (χ0) is 15.5. The summed E-state index contributed by atoms with van der Waals surface area (Å²) in [7, 11) is 0. The van der Waals surface area contributed by atoms with Crippen molar-refractivity contribution < 1.29 is 4.42 Å². The molecule has 3 rings (SSSR count). The van der Waals surface area contributed by atoms with Gasteiger partial charge in [0.05, 0.1) is 16.8 Å². The number of aromatic nitrogens is 1. The van der Waals surface area contributed by atoms with E-state index in [-0.39, 0.29) is 6.04 Å². The van der Waals surface area contributed by atoms with Gasteiger partial charge in [0.1, 0.15) is 11.5 Å². The van der Waals surface area contributed by atoms with E-state index in [1.54, 1.807) is 28.9 Å². The fraction of sp³-hybridized carbons (Fsp3) is 0.250. The fourth-order valence-electron chi connectivity index (χ4n) is 1.95. The molecule has 0 aliphatic rings. The number of hydrogen-bond acceptors (Lipinski definition) is 5. The van der Waals surface area contributed by atoms with Crippen LogP contribution in [-0.2, 0) is 0 Å². The second-order valence-corrected chi connectivity index (χ2v) is 6.89. The number of thiophene rings is 1. The molecule has 0 spiro atoms. The van der Waals surface area contributed by atoms with Gasteiger partial charge in [-0.3, -0.25) is 4.99 Å². The molecule has 0 N–H and O–H groups in total. The third-order valence-corrected chi connectivity index (χ3v) is 4.61. The van der Waals surface area contributed by atoms with Crippen molar-refractivity contribution in [1.82, 2.24) is 4.68 Å². The van der Waals surface area contributed by atoms with Crippen LogP contribution in [0.25, 0.3) is 10.6 Å². The molecule has 0 aliphatic heterocycles. The van der Waals surface area contributed by atoms with E-state index in [2.05, 4.69) is 40.8 Å². The van der Waals surface area contributed by atoms with E-state index in [1.165, 1.54) is 4.88 Å². The molecule has 0 bridgehead atoms. The number of thiazole rings is 1. The van der Waals surface area contributed by atoms with Crippen LogP contribution < -0.4 is 4.80 Å². The monoisotopic (exact) mass is 331 g/mol. The fourth-order valence-corrected chi connectivity index (χ4v) is 3.72. The average molecular weight is 331 g/mol. The summed E-state index contributed by atoms with van der Waals surface area (Å²) in [5.74, 6) is 1.62. The van der Waals surface area contributed by atoms with Gasteiger partial charge in [-0.1, -0.05) is 6.07 Å². The molecule has 22 heavy (non-hydrogen) atoms. The maximum Gasteiger partial charge on any atom is 0.206 e. The molecule has 0 saturated carbocycles. The molecule has 0 radical (unpaired) electrons. The molecular formula is C16H17N3OS2. The third-order valence-electron chi connectivity index (χ3n) is 2.89. The van der Waals surface area contributed by atoms with Crippen molar-refractivity contribution in [3.63, 3.8) is 0 Å². The molecule has 0 aliphatic carbocycles. The Morgan fingerprint density at radius 1 is 1.23 bits per heavy atom. The minimum Gasteiger partial charge on any atom is -0.460 e. The number of aryl methyl sites for hydroxylation is 1. The molecule has 0 aromatic carbocycles. The van der Waals surface area contributed by atoms with Crippen LogP contribution in [0.3, 0.4) is 0 Å². The summed E-state index contributed by atoms with van der Waals surface area (Å²) in [6.07, 6.45) is 1.73. The maximum atomic E-state index is 5.55. The van der Waals surface area contributed by atoms with Crippen LogP contribution in [0.1, 0.15) is 25.4 Å². The Balaban J connectivity index is 2.07. The number of furan rings is 1. The molecule has 114 valence electrons. The molecule has 0 unspecified atom stereocenters. The summed E-state index contributed by atoms with van der Waals surface area (Å²) < 4.78 is 7.43. The summed E-state index contributed by atoms with van der Waals surface area (Å²) in [5.41, 5.74) is 1.05. The largest absolute Gasteiger partial charge is 0.460 e. The molecule has 0 amide bonds. The smallest absolute Gasteiger partial charge is 0.206 e. The van der Waals surface area contributed by atoms with Crippen molar-refractivity contribution in [3.05, 3.63) is 51.3 Å². The second-order valence-electron chi connectivity index (χ2n) is 5.11. The molecular weight excluding hydrogens is 314 g/mol. The van der Waals surface area contributed by atoms with E-state index < -0.39 is 0 Å². The highest BCUT2D eigenvalue weighted by Gasteiger charge is 2.08. The van der Waals surface area contributed by atoms with Gasteiger partial charge in [-0.05, 0) is 44.4 Å². The molecule has 0 atom stereocenters. The van der Waals surface area contributed by atoms with Crippen molar-refractivity contribution in [2.45, 2.75) is 26.8 Å².